The van der Waals surface area contributed by atoms with E-state index in [2.05, 4.69) is 31.2 Å². The molecule has 1 N–H and O–H groups in total. The molecule has 1 atom stereocenters. The highest BCUT2D eigenvalue weighted by Gasteiger charge is 2.21. The maximum Gasteiger partial charge on any atom is 0.0818 e. The minimum atomic E-state index is -0.252. The Hall–Kier alpha value is -0.820. The third kappa shape index (κ3) is 4.35. The van der Waals surface area contributed by atoms with Gasteiger partial charge in [-0.2, -0.15) is 0 Å². The first-order chi connectivity index (χ1) is 9.31. The topological polar surface area (TPSA) is 20.2 Å². The van der Waals surface area contributed by atoms with E-state index in [9.17, 15) is 5.11 Å². The maximum atomic E-state index is 10.5. The van der Waals surface area contributed by atoms with Crippen LogP contribution in [0.5, 0.6) is 0 Å². The van der Waals surface area contributed by atoms with Crippen molar-refractivity contribution in [1.82, 2.24) is 0 Å². The normalized spacial score (nSPS) is 19.1. The van der Waals surface area contributed by atoms with E-state index >= 15 is 0 Å². The van der Waals surface area contributed by atoms with Crippen LogP contribution in [0.2, 0.25) is 0 Å². The smallest absolute Gasteiger partial charge is 0.0818 e. The van der Waals surface area contributed by atoms with Crippen LogP contribution in [0.25, 0.3) is 0 Å². The monoisotopic (exact) mass is 260 g/mol. The van der Waals surface area contributed by atoms with Crippen LogP contribution in [0.4, 0.5) is 0 Å². The molecule has 0 radical (unpaired) electrons. The summed E-state index contributed by atoms with van der Waals surface area (Å²) in [4.78, 5) is 0. The quantitative estimate of drug-likeness (QED) is 0.736. The molecule has 1 nitrogen and oxygen atoms in total. The van der Waals surface area contributed by atoms with E-state index in [0.717, 1.165) is 12.0 Å². The van der Waals surface area contributed by atoms with Crippen molar-refractivity contribution in [3.05, 3.63) is 35.4 Å². The minimum absolute atomic E-state index is 0.252. The van der Waals surface area contributed by atoms with Crippen molar-refractivity contribution < 1.29 is 5.11 Å². The molecule has 0 aromatic heterocycles. The van der Waals surface area contributed by atoms with Gasteiger partial charge in [0.2, 0.25) is 0 Å². The second-order valence-electron chi connectivity index (χ2n) is 6.04. The fourth-order valence-corrected chi connectivity index (χ4v) is 3.16. The molecule has 0 bridgehead atoms. The van der Waals surface area contributed by atoms with E-state index in [4.69, 9.17) is 0 Å². The zero-order chi connectivity index (χ0) is 13.5. The summed E-state index contributed by atoms with van der Waals surface area (Å²) >= 11 is 0. The van der Waals surface area contributed by atoms with Crippen LogP contribution in [-0.4, -0.2) is 5.11 Å². The lowest BCUT2D eigenvalue weighted by Gasteiger charge is -2.21. The van der Waals surface area contributed by atoms with Crippen LogP contribution in [0.1, 0.15) is 75.5 Å². The van der Waals surface area contributed by atoms with Gasteiger partial charge in [0.15, 0.2) is 0 Å². The first kappa shape index (κ1) is 14.6. The fraction of sp³-hybridized carbons (Fsp3) is 0.667. The maximum absolute atomic E-state index is 10.5. The van der Waals surface area contributed by atoms with Gasteiger partial charge in [-0.05, 0) is 42.7 Å². The summed E-state index contributed by atoms with van der Waals surface area (Å²) < 4.78 is 0. The average molecular weight is 260 g/mol. The highest BCUT2D eigenvalue weighted by molar-refractivity contribution is 5.24. The standard InChI is InChI=1S/C18H28O/c1-2-3-8-15-11-13-17(14-12-15)18(19)16-9-6-4-5-7-10-16/h11-14,16,18-19H,2-10H2,1H3. The highest BCUT2D eigenvalue weighted by atomic mass is 16.3. The summed E-state index contributed by atoms with van der Waals surface area (Å²) in [7, 11) is 0. The lowest BCUT2D eigenvalue weighted by Crippen LogP contribution is -2.12. The lowest BCUT2D eigenvalue weighted by molar-refractivity contribution is 0.0988. The average Bonchev–Trinajstić information content (AvgIpc) is 2.74. The largest absolute Gasteiger partial charge is 0.388 e. The minimum Gasteiger partial charge on any atom is -0.388 e. The van der Waals surface area contributed by atoms with E-state index in [1.54, 1.807) is 0 Å². The molecular weight excluding hydrogens is 232 g/mol. The summed E-state index contributed by atoms with van der Waals surface area (Å²) in [5.74, 6) is 0.476. The third-order valence-corrected chi connectivity index (χ3v) is 4.49. The molecule has 1 aromatic rings. The van der Waals surface area contributed by atoms with Crippen molar-refractivity contribution in [2.75, 3.05) is 0 Å². The Morgan fingerprint density at radius 3 is 2.26 bits per heavy atom. The molecule has 1 unspecified atom stereocenters. The molecule has 19 heavy (non-hydrogen) atoms. The third-order valence-electron chi connectivity index (χ3n) is 4.49. The van der Waals surface area contributed by atoms with Crippen molar-refractivity contribution in [2.24, 2.45) is 5.92 Å². The molecule has 0 amide bonds. The molecule has 1 aromatic carbocycles. The van der Waals surface area contributed by atoms with Gasteiger partial charge in [-0.3, -0.25) is 0 Å². The fourth-order valence-electron chi connectivity index (χ4n) is 3.16. The van der Waals surface area contributed by atoms with Crippen LogP contribution in [-0.2, 0) is 6.42 Å². The Labute approximate surface area is 118 Å². The number of unbranched alkanes of at least 4 members (excludes halogenated alkanes) is 1. The molecule has 0 saturated heterocycles. The summed E-state index contributed by atoms with van der Waals surface area (Å²) in [5, 5.41) is 10.5. The second kappa shape index (κ2) is 7.69. The molecule has 0 spiro atoms. The van der Waals surface area contributed by atoms with Crippen molar-refractivity contribution in [2.45, 2.75) is 70.8 Å². The number of aliphatic hydroxyl groups excluding tert-OH is 1. The molecule has 1 fully saturated rings. The lowest BCUT2D eigenvalue weighted by atomic mass is 9.89. The van der Waals surface area contributed by atoms with Gasteiger partial charge in [0.1, 0.15) is 0 Å². The Morgan fingerprint density at radius 1 is 1.05 bits per heavy atom. The van der Waals surface area contributed by atoms with E-state index < -0.39 is 0 Å². The van der Waals surface area contributed by atoms with Gasteiger partial charge in [-0.15, -0.1) is 0 Å². The summed E-state index contributed by atoms with van der Waals surface area (Å²) in [5.41, 5.74) is 2.52. The van der Waals surface area contributed by atoms with Crippen LogP contribution in [0, 0.1) is 5.92 Å². The summed E-state index contributed by atoms with van der Waals surface area (Å²) in [6, 6.07) is 8.68. The number of benzene rings is 1. The zero-order valence-electron chi connectivity index (χ0n) is 12.3. The zero-order valence-corrected chi connectivity index (χ0v) is 12.3. The molecule has 1 heteroatoms. The van der Waals surface area contributed by atoms with Gasteiger partial charge in [0.05, 0.1) is 6.10 Å². The van der Waals surface area contributed by atoms with E-state index in [0.29, 0.717) is 5.92 Å². The van der Waals surface area contributed by atoms with Gasteiger partial charge >= 0.3 is 0 Å². The van der Waals surface area contributed by atoms with Crippen LogP contribution in [0.3, 0.4) is 0 Å². The molecule has 0 aliphatic heterocycles. The highest BCUT2D eigenvalue weighted by Crippen LogP contribution is 2.33. The van der Waals surface area contributed by atoms with E-state index in [1.807, 2.05) is 0 Å². The second-order valence-corrected chi connectivity index (χ2v) is 6.04. The van der Waals surface area contributed by atoms with Crippen molar-refractivity contribution >= 4 is 0 Å². The van der Waals surface area contributed by atoms with Crippen LogP contribution in [0.15, 0.2) is 24.3 Å². The van der Waals surface area contributed by atoms with Gasteiger partial charge < -0.3 is 5.11 Å². The van der Waals surface area contributed by atoms with E-state index in [-0.39, 0.29) is 6.10 Å². The Morgan fingerprint density at radius 2 is 1.68 bits per heavy atom. The number of hydrogen-bond donors (Lipinski definition) is 1. The number of hydrogen-bond acceptors (Lipinski definition) is 1. The molecule has 0 heterocycles. The van der Waals surface area contributed by atoms with Gasteiger partial charge in [-0.25, -0.2) is 0 Å². The van der Waals surface area contributed by atoms with Crippen LogP contribution < -0.4 is 0 Å². The van der Waals surface area contributed by atoms with Gasteiger partial charge in [-0.1, -0.05) is 63.3 Å². The molecule has 1 saturated carbocycles. The van der Waals surface area contributed by atoms with Gasteiger partial charge in [0.25, 0.3) is 0 Å². The predicted octanol–water partition coefficient (Wildman–Crippen LogP) is 5.03. The van der Waals surface area contributed by atoms with Crippen molar-refractivity contribution in [3.63, 3.8) is 0 Å². The Bertz CT molecular complexity index is 346. The molecule has 1 aliphatic carbocycles. The van der Waals surface area contributed by atoms with Crippen molar-refractivity contribution in [1.29, 1.82) is 0 Å². The van der Waals surface area contributed by atoms with Crippen molar-refractivity contribution in [3.8, 4) is 0 Å². The SMILES string of the molecule is CCCCc1ccc(C(O)C2CCCCCC2)cc1. The molecule has 1 aliphatic rings. The first-order valence-electron chi connectivity index (χ1n) is 8.08. The molecule has 2 rings (SSSR count). The number of aryl methyl sites for hydroxylation is 1. The first-order valence-corrected chi connectivity index (χ1v) is 8.08. The predicted molar refractivity (Wildman–Crippen MR) is 81.2 cm³/mol. The number of rotatable bonds is 5. The van der Waals surface area contributed by atoms with E-state index in [1.165, 1.54) is 56.9 Å². The Kier molecular flexibility index (Phi) is 5.91. The van der Waals surface area contributed by atoms with Crippen LogP contribution >= 0.6 is 0 Å². The number of aliphatic hydroxyl groups is 1. The molecular formula is C18H28O. The van der Waals surface area contributed by atoms with Gasteiger partial charge in [0, 0.05) is 0 Å². The molecule has 106 valence electrons. The Balaban J connectivity index is 1.95. The summed E-state index contributed by atoms with van der Waals surface area (Å²) in [6.45, 7) is 2.23. The summed E-state index contributed by atoms with van der Waals surface area (Å²) in [6.07, 6.45) is 11.1.